The molecule has 0 unspecified atom stereocenters. The number of hydrogen-bond donors (Lipinski definition) is 0. The van der Waals surface area contributed by atoms with Gasteiger partial charge in [-0.2, -0.15) is 0 Å². The van der Waals surface area contributed by atoms with E-state index in [2.05, 4.69) is 37.3 Å². The smallest absolute Gasteiger partial charge is 0.0163 e. The monoisotopic (exact) mass is 184 g/mol. The molecule has 1 aromatic rings. The highest BCUT2D eigenvalue weighted by atomic mass is 13.9. The third-order valence-electron chi connectivity index (χ3n) is 1.81. The van der Waals surface area contributed by atoms with Crippen LogP contribution in [0.3, 0.4) is 0 Å². The zero-order valence-electron chi connectivity index (χ0n) is 8.56. The molecule has 0 aliphatic heterocycles. The minimum atomic E-state index is 1.08. The standard InChI is InChI=1S/C8H10.C6H6/c1-8-6-4-2-3-5-7-8;1-2-4-6-5-3-1/h2,4-7H,3H2,1H3;1-6H. The third kappa shape index (κ3) is 5.15. The maximum absolute atomic E-state index is 2.16. The van der Waals surface area contributed by atoms with Crippen LogP contribution in [0, 0.1) is 0 Å². The highest BCUT2D eigenvalue weighted by Gasteiger charge is 1.80. The summed E-state index contributed by atoms with van der Waals surface area (Å²) >= 11 is 0. The molecule has 0 saturated heterocycles. The molecule has 0 nitrogen and oxygen atoms in total. The van der Waals surface area contributed by atoms with Crippen molar-refractivity contribution in [2.45, 2.75) is 13.3 Å². The molecule has 0 bridgehead atoms. The topological polar surface area (TPSA) is 0 Å². The van der Waals surface area contributed by atoms with Gasteiger partial charge in [-0.3, -0.25) is 0 Å². The highest BCUT2D eigenvalue weighted by Crippen LogP contribution is 2.01. The number of allylic oxidation sites excluding steroid dienone is 6. The Labute approximate surface area is 86.3 Å². The summed E-state index contributed by atoms with van der Waals surface area (Å²) in [6, 6.07) is 12.0. The second-order valence-corrected chi connectivity index (χ2v) is 3.13. The van der Waals surface area contributed by atoms with E-state index < -0.39 is 0 Å². The maximum Gasteiger partial charge on any atom is -0.0163 e. The van der Waals surface area contributed by atoms with Crippen molar-refractivity contribution >= 4 is 0 Å². The molecule has 0 atom stereocenters. The highest BCUT2D eigenvalue weighted by molar-refractivity contribution is 5.24. The molecule has 0 aromatic heterocycles. The van der Waals surface area contributed by atoms with E-state index in [4.69, 9.17) is 0 Å². The largest absolute Gasteiger partial charge is 0.0807 e. The SMILES string of the molecule is CC1=CC=CCC=C1.c1ccccc1. The molecule has 0 radical (unpaired) electrons. The Balaban J connectivity index is 0.000000146. The molecular formula is C14H16. The van der Waals surface area contributed by atoms with Crippen LogP contribution in [0.4, 0.5) is 0 Å². The van der Waals surface area contributed by atoms with Crippen LogP contribution in [-0.2, 0) is 0 Å². The van der Waals surface area contributed by atoms with Gasteiger partial charge in [0, 0.05) is 0 Å². The minimum Gasteiger partial charge on any atom is -0.0807 e. The molecule has 0 amide bonds. The number of benzene rings is 1. The van der Waals surface area contributed by atoms with Gasteiger partial charge in [0.2, 0.25) is 0 Å². The van der Waals surface area contributed by atoms with Gasteiger partial charge in [0.25, 0.3) is 0 Å². The van der Waals surface area contributed by atoms with Gasteiger partial charge in [0.15, 0.2) is 0 Å². The molecule has 0 heterocycles. The summed E-state index contributed by atoms with van der Waals surface area (Å²) < 4.78 is 0. The van der Waals surface area contributed by atoms with E-state index in [1.807, 2.05) is 36.4 Å². The summed E-state index contributed by atoms with van der Waals surface area (Å²) in [5, 5.41) is 0. The fraction of sp³-hybridized carbons (Fsp3) is 0.143. The van der Waals surface area contributed by atoms with Gasteiger partial charge in [0.05, 0.1) is 0 Å². The zero-order chi connectivity index (χ0) is 10.1. The fourth-order valence-corrected chi connectivity index (χ4v) is 1.07. The van der Waals surface area contributed by atoms with Crippen LogP contribution in [-0.4, -0.2) is 0 Å². The van der Waals surface area contributed by atoms with Crippen LogP contribution in [0.5, 0.6) is 0 Å². The van der Waals surface area contributed by atoms with Gasteiger partial charge < -0.3 is 0 Å². The molecule has 0 saturated carbocycles. The lowest BCUT2D eigenvalue weighted by atomic mass is 10.3. The molecule has 1 aliphatic rings. The second-order valence-electron chi connectivity index (χ2n) is 3.13. The van der Waals surface area contributed by atoms with E-state index in [1.54, 1.807) is 0 Å². The average Bonchev–Trinajstić information content (AvgIpc) is 2.49. The summed E-state index contributed by atoms with van der Waals surface area (Å²) in [5.41, 5.74) is 1.33. The summed E-state index contributed by atoms with van der Waals surface area (Å²) in [4.78, 5) is 0. The van der Waals surface area contributed by atoms with Crippen LogP contribution < -0.4 is 0 Å². The van der Waals surface area contributed by atoms with Crippen molar-refractivity contribution in [1.82, 2.24) is 0 Å². The molecule has 72 valence electrons. The predicted molar refractivity (Wildman–Crippen MR) is 63.1 cm³/mol. The van der Waals surface area contributed by atoms with Crippen LogP contribution in [0.15, 0.2) is 72.4 Å². The van der Waals surface area contributed by atoms with Crippen molar-refractivity contribution in [3.05, 3.63) is 72.4 Å². The van der Waals surface area contributed by atoms with Crippen molar-refractivity contribution < 1.29 is 0 Å². The van der Waals surface area contributed by atoms with Crippen LogP contribution in [0.25, 0.3) is 0 Å². The normalized spacial score (nSPS) is 13.6. The molecule has 1 aliphatic carbocycles. The van der Waals surface area contributed by atoms with Crippen LogP contribution in [0.2, 0.25) is 0 Å². The molecule has 14 heavy (non-hydrogen) atoms. The first kappa shape index (κ1) is 10.5. The molecule has 1 aromatic carbocycles. The van der Waals surface area contributed by atoms with E-state index in [-0.39, 0.29) is 0 Å². The summed E-state index contributed by atoms with van der Waals surface area (Å²) in [6.45, 7) is 2.10. The van der Waals surface area contributed by atoms with Crippen molar-refractivity contribution in [1.29, 1.82) is 0 Å². The molecule has 2 rings (SSSR count). The summed E-state index contributed by atoms with van der Waals surface area (Å²) in [7, 11) is 0. The third-order valence-corrected chi connectivity index (χ3v) is 1.81. The van der Waals surface area contributed by atoms with E-state index in [1.165, 1.54) is 5.57 Å². The van der Waals surface area contributed by atoms with Gasteiger partial charge >= 0.3 is 0 Å². The first-order chi connectivity index (χ1) is 6.89. The Kier molecular flexibility index (Phi) is 5.19. The van der Waals surface area contributed by atoms with Gasteiger partial charge in [0.1, 0.15) is 0 Å². The van der Waals surface area contributed by atoms with Crippen LogP contribution in [0.1, 0.15) is 13.3 Å². The van der Waals surface area contributed by atoms with E-state index in [0.29, 0.717) is 0 Å². The van der Waals surface area contributed by atoms with Gasteiger partial charge in [-0.15, -0.1) is 0 Å². The molecule has 0 heteroatoms. The minimum absolute atomic E-state index is 1.08. The molecule has 0 spiro atoms. The van der Waals surface area contributed by atoms with Gasteiger partial charge in [-0.05, 0) is 13.3 Å². The quantitative estimate of drug-likeness (QED) is 0.568. The van der Waals surface area contributed by atoms with E-state index >= 15 is 0 Å². The predicted octanol–water partition coefficient (Wildman–Crippen LogP) is 4.14. The Hall–Kier alpha value is -1.56. The van der Waals surface area contributed by atoms with E-state index in [0.717, 1.165) is 6.42 Å². The lowest BCUT2D eigenvalue weighted by molar-refractivity contribution is 1.40. The number of rotatable bonds is 0. The molecular weight excluding hydrogens is 168 g/mol. The average molecular weight is 184 g/mol. The second kappa shape index (κ2) is 6.90. The summed E-state index contributed by atoms with van der Waals surface area (Å²) in [5.74, 6) is 0. The van der Waals surface area contributed by atoms with Crippen LogP contribution >= 0.6 is 0 Å². The Bertz CT molecular complexity index is 288. The van der Waals surface area contributed by atoms with Crippen molar-refractivity contribution in [2.24, 2.45) is 0 Å². The molecule has 0 fully saturated rings. The maximum atomic E-state index is 2.16. The first-order valence-electron chi connectivity index (χ1n) is 4.89. The van der Waals surface area contributed by atoms with Crippen molar-refractivity contribution in [3.8, 4) is 0 Å². The van der Waals surface area contributed by atoms with Gasteiger partial charge in [-0.25, -0.2) is 0 Å². The fourth-order valence-electron chi connectivity index (χ4n) is 1.07. The van der Waals surface area contributed by atoms with Crippen molar-refractivity contribution in [3.63, 3.8) is 0 Å². The lowest BCUT2D eigenvalue weighted by Gasteiger charge is -1.80. The lowest BCUT2D eigenvalue weighted by Crippen LogP contribution is -1.60. The van der Waals surface area contributed by atoms with Gasteiger partial charge in [-0.1, -0.05) is 72.4 Å². The Morgan fingerprint density at radius 2 is 1.43 bits per heavy atom. The Morgan fingerprint density at radius 3 is 2.00 bits per heavy atom. The van der Waals surface area contributed by atoms with E-state index in [9.17, 15) is 0 Å². The Morgan fingerprint density at radius 1 is 0.857 bits per heavy atom. The first-order valence-corrected chi connectivity index (χ1v) is 4.89. The van der Waals surface area contributed by atoms with Crippen molar-refractivity contribution in [2.75, 3.05) is 0 Å². The molecule has 0 N–H and O–H groups in total. The number of hydrogen-bond acceptors (Lipinski definition) is 0. The summed E-state index contributed by atoms with van der Waals surface area (Å²) in [6.07, 6.45) is 11.7. The zero-order valence-corrected chi connectivity index (χ0v) is 8.56.